The monoisotopic (exact) mass is 379 g/mol. The first kappa shape index (κ1) is 20.2. The van der Waals surface area contributed by atoms with Crippen molar-refractivity contribution in [2.75, 3.05) is 38.1 Å². The fourth-order valence-electron chi connectivity index (χ4n) is 3.58. The number of hydrogen-bond acceptors (Lipinski definition) is 3. The quantitative estimate of drug-likeness (QED) is 0.598. The molecule has 0 spiro atoms. The first-order chi connectivity index (χ1) is 13.7. The molecule has 1 aliphatic heterocycles. The number of guanidine groups is 1. The van der Waals surface area contributed by atoms with Gasteiger partial charge in [0.05, 0.1) is 0 Å². The number of anilines is 1. The Balaban J connectivity index is 1.55. The van der Waals surface area contributed by atoms with Crippen LogP contribution in [0.2, 0.25) is 0 Å². The Morgan fingerprint density at radius 3 is 2.21 bits per heavy atom. The number of benzene rings is 2. The largest absolute Gasteiger partial charge is 0.369 e. The fourth-order valence-corrected chi connectivity index (χ4v) is 3.58. The molecule has 2 aromatic rings. The Kier molecular flexibility index (Phi) is 7.31. The van der Waals surface area contributed by atoms with Crippen LogP contribution in [0.3, 0.4) is 0 Å². The summed E-state index contributed by atoms with van der Waals surface area (Å²) in [5.74, 6) is 0.848. The van der Waals surface area contributed by atoms with Crippen molar-refractivity contribution < 1.29 is 0 Å². The van der Waals surface area contributed by atoms with Crippen LogP contribution in [0.15, 0.2) is 59.6 Å². The van der Waals surface area contributed by atoms with Gasteiger partial charge in [0.1, 0.15) is 0 Å². The molecule has 0 bridgehead atoms. The molecule has 1 fully saturated rings. The highest BCUT2D eigenvalue weighted by Gasteiger charge is 2.18. The summed E-state index contributed by atoms with van der Waals surface area (Å²) in [7, 11) is 1.82. The molecule has 0 saturated carbocycles. The lowest BCUT2D eigenvalue weighted by Crippen LogP contribution is -2.46. The molecule has 0 aliphatic carbocycles. The number of rotatable bonds is 6. The van der Waals surface area contributed by atoms with Gasteiger partial charge in [-0.2, -0.15) is 0 Å². The van der Waals surface area contributed by atoms with Crippen LogP contribution >= 0.6 is 0 Å². The van der Waals surface area contributed by atoms with Crippen LogP contribution in [0.4, 0.5) is 5.69 Å². The summed E-state index contributed by atoms with van der Waals surface area (Å²) in [5, 5.41) is 6.78. The van der Waals surface area contributed by atoms with Gasteiger partial charge in [-0.05, 0) is 37.1 Å². The van der Waals surface area contributed by atoms with Crippen LogP contribution in [0.5, 0.6) is 0 Å². The summed E-state index contributed by atoms with van der Waals surface area (Å²) in [6.07, 6.45) is 0. The second-order valence-corrected chi connectivity index (χ2v) is 7.59. The van der Waals surface area contributed by atoms with Crippen molar-refractivity contribution in [2.24, 2.45) is 4.99 Å². The maximum atomic E-state index is 4.30. The number of hydrogen-bond donors (Lipinski definition) is 2. The number of nitrogens with zero attached hydrogens (tertiary/aromatic N) is 3. The third-order valence-electron chi connectivity index (χ3n) is 5.10. The Morgan fingerprint density at radius 2 is 1.57 bits per heavy atom. The summed E-state index contributed by atoms with van der Waals surface area (Å²) < 4.78 is 0. The fraction of sp³-hybridized carbons (Fsp3) is 0.435. The van der Waals surface area contributed by atoms with Gasteiger partial charge in [0, 0.05) is 58.0 Å². The van der Waals surface area contributed by atoms with Crippen LogP contribution in [0.1, 0.15) is 25.0 Å². The van der Waals surface area contributed by atoms with Crippen molar-refractivity contribution in [1.82, 2.24) is 15.5 Å². The zero-order chi connectivity index (χ0) is 19.8. The van der Waals surface area contributed by atoms with Crippen LogP contribution in [-0.2, 0) is 13.1 Å². The molecule has 5 nitrogen and oxygen atoms in total. The summed E-state index contributed by atoms with van der Waals surface area (Å²) in [6.45, 7) is 10.4. The zero-order valence-corrected chi connectivity index (χ0v) is 17.4. The lowest BCUT2D eigenvalue weighted by Gasteiger charge is -2.36. The highest BCUT2D eigenvalue weighted by molar-refractivity contribution is 5.79. The molecule has 2 aromatic carbocycles. The number of piperazine rings is 1. The average molecular weight is 380 g/mol. The van der Waals surface area contributed by atoms with Crippen LogP contribution in [-0.4, -0.2) is 50.1 Å². The maximum absolute atomic E-state index is 4.30. The van der Waals surface area contributed by atoms with E-state index in [0.29, 0.717) is 6.04 Å². The first-order valence-electron chi connectivity index (χ1n) is 10.2. The van der Waals surface area contributed by atoms with Gasteiger partial charge in [-0.3, -0.25) is 9.89 Å². The lowest BCUT2D eigenvalue weighted by molar-refractivity contribution is 0.249. The van der Waals surface area contributed by atoms with Crippen molar-refractivity contribution in [3.05, 3.63) is 65.7 Å². The molecular weight excluding hydrogens is 346 g/mol. The zero-order valence-electron chi connectivity index (χ0n) is 17.4. The van der Waals surface area contributed by atoms with Gasteiger partial charge in [-0.15, -0.1) is 0 Å². The lowest BCUT2D eigenvalue weighted by atomic mass is 10.1. The van der Waals surface area contributed by atoms with Crippen LogP contribution < -0.4 is 15.5 Å². The van der Waals surface area contributed by atoms with E-state index in [1.165, 1.54) is 16.8 Å². The van der Waals surface area contributed by atoms with Crippen molar-refractivity contribution in [2.45, 2.75) is 33.0 Å². The van der Waals surface area contributed by atoms with Crippen molar-refractivity contribution >= 4 is 11.6 Å². The van der Waals surface area contributed by atoms with Crippen molar-refractivity contribution in [1.29, 1.82) is 0 Å². The number of nitrogens with one attached hydrogen (secondary N) is 2. The topological polar surface area (TPSA) is 42.9 Å². The Morgan fingerprint density at radius 1 is 0.929 bits per heavy atom. The number of aliphatic imine (C=N–C) groups is 1. The molecule has 0 atom stereocenters. The minimum absolute atomic E-state index is 0.363. The Hall–Kier alpha value is -2.53. The van der Waals surface area contributed by atoms with Crippen molar-refractivity contribution in [3.8, 4) is 0 Å². The molecule has 150 valence electrons. The van der Waals surface area contributed by atoms with Gasteiger partial charge in [0.2, 0.25) is 0 Å². The SMILES string of the molecule is CN=C(NCc1ccccc1CN1CCN(c2ccccc2)CC1)NC(C)C. The Labute approximate surface area is 169 Å². The maximum Gasteiger partial charge on any atom is 0.191 e. The predicted molar refractivity (Wildman–Crippen MR) is 119 cm³/mol. The molecule has 0 aromatic heterocycles. The van der Waals surface area contributed by atoms with Crippen LogP contribution in [0, 0.1) is 0 Å². The van der Waals surface area contributed by atoms with Crippen LogP contribution in [0.25, 0.3) is 0 Å². The first-order valence-corrected chi connectivity index (χ1v) is 10.2. The summed E-state index contributed by atoms with van der Waals surface area (Å²) >= 11 is 0. The molecule has 0 amide bonds. The molecule has 1 aliphatic rings. The average Bonchev–Trinajstić information content (AvgIpc) is 2.73. The van der Waals surface area contributed by atoms with E-state index in [1.807, 2.05) is 7.05 Å². The van der Waals surface area contributed by atoms with Gasteiger partial charge in [-0.25, -0.2) is 0 Å². The second-order valence-electron chi connectivity index (χ2n) is 7.59. The van der Waals surface area contributed by atoms with Gasteiger partial charge < -0.3 is 15.5 Å². The van der Waals surface area contributed by atoms with Gasteiger partial charge in [0.15, 0.2) is 5.96 Å². The summed E-state index contributed by atoms with van der Waals surface area (Å²) in [4.78, 5) is 9.34. The molecule has 1 heterocycles. The van der Waals surface area contributed by atoms with E-state index >= 15 is 0 Å². The van der Waals surface area contributed by atoms with Crippen molar-refractivity contribution in [3.63, 3.8) is 0 Å². The molecule has 3 rings (SSSR count). The smallest absolute Gasteiger partial charge is 0.191 e. The minimum Gasteiger partial charge on any atom is -0.369 e. The van der Waals surface area contributed by atoms with E-state index in [2.05, 4.69) is 93.9 Å². The van der Waals surface area contributed by atoms with E-state index in [-0.39, 0.29) is 0 Å². The molecular formula is C23H33N5. The standard InChI is InChI=1S/C23H33N5/c1-19(2)26-23(24-3)25-17-20-9-7-8-10-21(20)18-27-13-15-28(16-14-27)22-11-5-4-6-12-22/h4-12,19H,13-18H2,1-3H3,(H2,24,25,26). The molecule has 0 unspecified atom stereocenters. The minimum atomic E-state index is 0.363. The van der Waals surface area contributed by atoms with E-state index in [4.69, 9.17) is 0 Å². The Bertz CT molecular complexity index is 749. The third kappa shape index (κ3) is 5.73. The third-order valence-corrected chi connectivity index (χ3v) is 5.10. The second kappa shape index (κ2) is 10.1. The van der Waals surface area contributed by atoms with Gasteiger partial charge in [0.25, 0.3) is 0 Å². The van der Waals surface area contributed by atoms with E-state index in [9.17, 15) is 0 Å². The summed E-state index contributed by atoms with van der Waals surface area (Å²) in [6, 6.07) is 19.8. The molecule has 1 saturated heterocycles. The highest BCUT2D eigenvalue weighted by Crippen LogP contribution is 2.18. The molecule has 0 radical (unpaired) electrons. The molecule has 2 N–H and O–H groups in total. The molecule has 5 heteroatoms. The van der Waals surface area contributed by atoms with E-state index < -0.39 is 0 Å². The van der Waals surface area contributed by atoms with Gasteiger partial charge in [-0.1, -0.05) is 42.5 Å². The normalized spacial score (nSPS) is 15.7. The number of para-hydroxylation sites is 1. The van der Waals surface area contributed by atoms with Gasteiger partial charge >= 0.3 is 0 Å². The highest BCUT2D eigenvalue weighted by atomic mass is 15.3. The predicted octanol–water partition coefficient (Wildman–Crippen LogP) is 3.08. The molecule has 28 heavy (non-hydrogen) atoms. The van der Waals surface area contributed by atoms with E-state index in [1.54, 1.807) is 0 Å². The van der Waals surface area contributed by atoms with E-state index in [0.717, 1.165) is 45.2 Å². The summed E-state index contributed by atoms with van der Waals surface area (Å²) in [5.41, 5.74) is 4.05.